The summed E-state index contributed by atoms with van der Waals surface area (Å²) >= 11 is 0. The molecule has 0 fully saturated rings. The van der Waals surface area contributed by atoms with Gasteiger partial charge in [0.2, 0.25) is 0 Å². The second-order valence-electron chi connectivity index (χ2n) is 4.43. The minimum atomic E-state index is -3.56. The van der Waals surface area contributed by atoms with Gasteiger partial charge in [-0.1, -0.05) is 36.4 Å². The van der Waals surface area contributed by atoms with Crippen LogP contribution in [0, 0.1) is 6.92 Å². The van der Waals surface area contributed by atoms with Crippen LogP contribution in [0.2, 0.25) is 0 Å². The van der Waals surface area contributed by atoms with Gasteiger partial charge < -0.3 is 5.73 Å². The summed E-state index contributed by atoms with van der Waals surface area (Å²) in [5.41, 5.74) is 8.30. The molecule has 0 spiro atoms. The summed E-state index contributed by atoms with van der Waals surface area (Å²) in [4.78, 5) is 0. The van der Waals surface area contributed by atoms with Gasteiger partial charge in [0.15, 0.2) is 0 Å². The SMILES string of the molecule is Cc1ccc(N)cc1NS(=O)(=O)/C=C/c1ccccc1. The van der Waals surface area contributed by atoms with E-state index in [-0.39, 0.29) is 0 Å². The third kappa shape index (κ3) is 3.86. The van der Waals surface area contributed by atoms with Crippen LogP contribution in [-0.2, 0) is 10.0 Å². The van der Waals surface area contributed by atoms with E-state index >= 15 is 0 Å². The summed E-state index contributed by atoms with van der Waals surface area (Å²) in [7, 11) is -3.56. The molecule has 0 saturated carbocycles. The maximum Gasteiger partial charge on any atom is 0.255 e. The van der Waals surface area contributed by atoms with Gasteiger partial charge in [-0.25, -0.2) is 8.42 Å². The number of anilines is 2. The zero-order valence-electron chi connectivity index (χ0n) is 11.1. The number of hydrogen-bond donors (Lipinski definition) is 2. The highest BCUT2D eigenvalue weighted by Crippen LogP contribution is 2.20. The summed E-state index contributed by atoms with van der Waals surface area (Å²) in [5, 5.41) is 1.14. The van der Waals surface area contributed by atoms with Crippen LogP contribution >= 0.6 is 0 Å². The van der Waals surface area contributed by atoms with Gasteiger partial charge in [0, 0.05) is 5.69 Å². The van der Waals surface area contributed by atoms with Crippen LogP contribution < -0.4 is 10.5 Å². The smallest absolute Gasteiger partial charge is 0.255 e. The van der Waals surface area contributed by atoms with Crippen molar-refractivity contribution in [3.05, 3.63) is 65.1 Å². The summed E-state index contributed by atoms with van der Waals surface area (Å²) < 4.78 is 26.5. The summed E-state index contributed by atoms with van der Waals surface area (Å²) in [6, 6.07) is 14.3. The average molecular weight is 288 g/mol. The Labute approximate surface area is 119 Å². The molecule has 5 heteroatoms. The van der Waals surface area contributed by atoms with Gasteiger partial charge in [-0.3, -0.25) is 4.72 Å². The lowest BCUT2D eigenvalue weighted by molar-refractivity contribution is 0.609. The third-order valence-corrected chi connectivity index (χ3v) is 3.75. The molecular weight excluding hydrogens is 272 g/mol. The highest BCUT2D eigenvalue weighted by molar-refractivity contribution is 7.95. The first kappa shape index (κ1) is 14.1. The molecule has 2 rings (SSSR count). The van der Waals surface area contributed by atoms with E-state index in [4.69, 9.17) is 5.73 Å². The van der Waals surface area contributed by atoms with E-state index < -0.39 is 10.0 Å². The van der Waals surface area contributed by atoms with E-state index in [9.17, 15) is 8.42 Å². The molecule has 0 saturated heterocycles. The van der Waals surface area contributed by atoms with Crippen molar-refractivity contribution in [2.75, 3.05) is 10.5 Å². The van der Waals surface area contributed by atoms with Gasteiger partial charge in [-0.15, -0.1) is 0 Å². The van der Waals surface area contributed by atoms with E-state index in [0.717, 1.165) is 16.5 Å². The van der Waals surface area contributed by atoms with Crippen LogP contribution in [0.1, 0.15) is 11.1 Å². The monoisotopic (exact) mass is 288 g/mol. The topological polar surface area (TPSA) is 72.2 Å². The Morgan fingerprint density at radius 3 is 2.50 bits per heavy atom. The number of sulfonamides is 1. The molecule has 2 aromatic rings. The Bertz CT molecular complexity index is 723. The number of nitrogens with two attached hydrogens (primary N) is 1. The average Bonchev–Trinajstić information content (AvgIpc) is 2.42. The van der Waals surface area contributed by atoms with Crippen molar-refractivity contribution in [1.29, 1.82) is 0 Å². The Kier molecular flexibility index (Phi) is 4.10. The van der Waals surface area contributed by atoms with Crippen molar-refractivity contribution >= 4 is 27.5 Å². The maximum absolute atomic E-state index is 12.0. The van der Waals surface area contributed by atoms with Gasteiger partial charge in [0.1, 0.15) is 0 Å². The van der Waals surface area contributed by atoms with Gasteiger partial charge in [-0.05, 0) is 36.3 Å². The van der Waals surface area contributed by atoms with Crippen LogP contribution in [0.3, 0.4) is 0 Å². The van der Waals surface area contributed by atoms with E-state index in [1.165, 1.54) is 0 Å². The molecule has 0 amide bonds. The standard InChI is InChI=1S/C15H16N2O2S/c1-12-7-8-14(16)11-15(12)17-20(18,19)10-9-13-5-3-2-4-6-13/h2-11,17H,16H2,1H3/b10-9+. The molecule has 3 N–H and O–H groups in total. The fourth-order valence-electron chi connectivity index (χ4n) is 1.67. The van der Waals surface area contributed by atoms with E-state index in [2.05, 4.69) is 4.72 Å². The predicted molar refractivity (Wildman–Crippen MR) is 83.6 cm³/mol. The number of benzene rings is 2. The van der Waals surface area contributed by atoms with Gasteiger partial charge in [0.05, 0.1) is 11.1 Å². The molecular formula is C15H16N2O2S. The quantitative estimate of drug-likeness (QED) is 0.849. The number of nitrogens with one attached hydrogen (secondary N) is 1. The molecule has 0 aliphatic carbocycles. The molecule has 0 atom stereocenters. The molecule has 0 heterocycles. The van der Waals surface area contributed by atoms with Crippen LogP contribution in [0.15, 0.2) is 53.9 Å². The lowest BCUT2D eigenvalue weighted by atomic mass is 10.2. The second-order valence-corrected chi connectivity index (χ2v) is 6.00. The van der Waals surface area contributed by atoms with Crippen molar-refractivity contribution in [1.82, 2.24) is 0 Å². The molecule has 0 bridgehead atoms. The number of rotatable bonds is 4. The van der Waals surface area contributed by atoms with Crippen LogP contribution in [0.5, 0.6) is 0 Å². The molecule has 4 nitrogen and oxygen atoms in total. The Morgan fingerprint density at radius 2 is 1.80 bits per heavy atom. The fraction of sp³-hybridized carbons (Fsp3) is 0.0667. The maximum atomic E-state index is 12.0. The molecule has 2 aromatic carbocycles. The van der Waals surface area contributed by atoms with Crippen LogP contribution in [0.25, 0.3) is 6.08 Å². The molecule has 0 aliphatic heterocycles. The molecule has 20 heavy (non-hydrogen) atoms. The largest absolute Gasteiger partial charge is 0.399 e. The molecule has 0 unspecified atom stereocenters. The van der Waals surface area contributed by atoms with Crippen LogP contribution in [0.4, 0.5) is 11.4 Å². The fourth-order valence-corrected chi connectivity index (χ4v) is 2.60. The Morgan fingerprint density at radius 1 is 1.10 bits per heavy atom. The normalized spacial score (nSPS) is 11.7. The first-order valence-corrected chi connectivity index (χ1v) is 7.63. The van der Waals surface area contributed by atoms with E-state index in [1.54, 1.807) is 24.3 Å². The van der Waals surface area contributed by atoms with E-state index in [0.29, 0.717) is 11.4 Å². The highest BCUT2D eigenvalue weighted by Gasteiger charge is 2.08. The number of aryl methyl sites for hydroxylation is 1. The second kappa shape index (κ2) is 5.79. The molecule has 0 aliphatic rings. The third-order valence-electron chi connectivity index (χ3n) is 2.75. The van der Waals surface area contributed by atoms with Crippen molar-refractivity contribution in [2.45, 2.75) is 6.92 Å². The van der Waals surface area contributed by atoms with Gasteiger partial charge >= 0.3 is 0 Å². The molecule has 0 aromatic heterocycles. The molecule has 0 radical (unpaired) electrons. The van der Waals surface area contributed by atoms with Gasteiger partial charge in [0.25, 0.3) is 10.0 Å². The minimum absolute atomic E-state index is 0.489. The van der Waals surface area contributed by atoms with Crippen molar-refractivity contribution in [3.63, 3.8) is 0 Å². The van der Waals surface area contributed by atoms with Crippen molar-refractivity contribution in [2.24, 2.45) is 0 Å². The van der Waals surface area contributed by atoms with Crippen molar-refractivity contribution < 1.29 is 8.42 Å². The highest BCUT2D eigenvalue weighted by atomic mass is 32.2. The lowest BCUT2D eigenvalue weighted by Crippen LogP contribution is -2.10. The summed E-state index contributed by atoms with van der Waals surface area (Å²) in [5.74, 6) is 0. The zero-order chi connectivity index (χ0) is 14.6. The zero-order valence-corrected chi connectivity index (χ0v) is 11.9. The lowest BCUT2D eigenvalue weighted by Gasteiger charge is -2.08. The number of nitrogen functional groups attached to an aromatic ring is 1. The van der Waals surface area contributed by atoms with Gasteiger partial charge in [-0.2, -0.15) is 0 Å². The summed E-state index contributed by atoms with van der Waals surface area (Å²) in [6.45, 7) is 1.82. The Hall–Kier alpha value is -2.27. The first-order chi connectivity index (χ1) is 9.46. The predicted octanol–water partition coefficient (Wildman–Crippen LogP) is 2.99. The van der Waals surface area contributed by atoms with E-state index in [1.807, 2.05) is 37.3 Å². The first-order valence-electron chi connectivity index (χ1n) is 6.08. The molecule has 104 valence electrons. The van der Waals surface area contributed by atoms with Crippen LogP contribution in [-0.4, -0.2) is 8.42 Å². The van der Waals surface area contributed by atoms with Crippen molar-refractivity contribution in [3.8, 4) is 0 Å². The minimum Gasteiger partial charge on any atom is -0.399 e. The Balaban J connectivity index is 2.19. The number of hydrogen-bond acceptors (Lipinski definition) is 3. The summed E-state index contributed by atoms with van der Waals surface area (Å²) in [6.07, 6.45) is 1.55.